The average Bonchev–Trinajstić information content (AvgIpc) is 3.02. The highest BCUT2D eigenvalue weighted by Crippen LogP contribution is 2.32. The second kappa shape index (κ2) is 16.8. The van der Waals surface area contributed by atoms with Gasteiger partial charge in [-0.3, -0.25) is 4.79 Å². The smallest absolute Gasteiger partial charge is 0.407 e. The van der Waals surface area contributed by atoms with Crippen molar-refractivity contribution < 1.29 is 36.3 Å². The summed E-state index contributed by atoms with van der Waals surface area (Å²) in [6.07, 6.45) is 0.336. The zero-order chi connectivity index (χ0) is 35.0. The van der Waals surface area contributed by atoms with E-state index < -0.39 is 57.6 Å². The van der Waals surface area contributed by atoms with Crippen LogP contribution in [0.3, 0.4) is 0 Å². The number of nitrogens with zero attached hydrogens (tertiary/aromatic N) is 1. The lowest BCUT2D eigenvalue weighted by molar-refractivity contribution is -0.120. The van der Waals surface area contributed by atoms with Gasteiger partial charge in [0.1, 0.15) is 17.7 Å². The van der Waals surface area contributed by atoms with E-state index in [1.807, 2.05) is 13.8 Å². The average molecular weight is 706 g/mol. The molecule has 1 amide bonds. The third-order valence-electron chi connectivity index (χ3n) is 8.35. The number of ketones is 1. The molecule has 1 heterocycles. The van der Waals surface area contributed by atoms with E-state index >= 15 is 4.39 Å². The molecule has 1 aliphatic rings. The van der Waals surface area contributed by atoms with Crippen molar-refractivity contribution >= 4 is 33.5 Å². The Morgan fingerprint density at radius 1 is 1.02 bits per heavy atom. The molecular weight excluding hydrogens is 664 g/mol. The fourth-order valence-electron chi connectivity index (χ4n) is 6.27. The predicted octanol–water partition coefficient (Wildman–Crippen LogP) is 5.25. The summed E-state index contributed by atoms with van der Waals surface area (Å²) in [5, 5.41) is 6.28. The van der Waals surface area contributed by atoms with Crippen LogP contribution in [0.4, 0.5) is 13.6 Å². The van der Waals surface area contributed by atoms with Crippen LogP contribution in [-0.4, -0.2) is 81.9 Å². The Morgan fingerprint density at radius 2 is 1.69 bits per heavy atom. The second-order valence-corrected chi connectivity index (χ2v) is 14.5. The summed E-state index contributed by atoms with van der Waals surface area (Å²) < 4.78 is 67.8. The SMILES string of the molecule is COC(=O)N[C@H](C(=O)Cc1cccc(F)c1CC[C@H]1CNCC(COC(C)C)N1S(C)(=O)=O)[C@H](c1cccc(F)c1)c1cccc(Cl)c1. The molecule has 0 bridgehead atoms. The summed E-state index contributed by atoms with van der Waals surface area (Å²) in [6, 6.07) is 14.7. The predicted molar refractivity (Wildman–Crippen MR) is 181 cm³/mol. The molecule has 1 fully saturated rings. The number of ether oxygens (including phenoxy) is 2. The number of carbonyl (C=O) groups is 2. The van der Waals surface area contributed by atoms with Gasteiger partial charge in [-0.05, 0) is 79.3 Å². The van der Waals surface area contributed by atoms with E-state index in [0.717, 1.165) is 13.4 Å². The van der Waals surface area contributed by atoms with Crippen molar-refractivity contribution in [3.63, 3.8) is 0 Å². The van der Waals surface area contributed by atoms with Gasteiger partial charge in [-0.2, -0.15) is 4.31 Å². The lowest BCUT2D eigenvalue weighted by atomic mass is 9.81. The summed E-state index contributed by atoms with van der Waals surface area (Å²) in [5.74, 6) is -2.42. The van der Waals surface area contributed by atoms with Gasteiger partial charge in [-0.15, -0.1) is 0 Å². The number of alkyl carbamates (subject to hydrolysis) is 1. The van der Waals surface area contributed by atoms with E-state index in [1.54, 1.807) is 36.4 Å². The number of piperazine rings is 1. The molecule has 48 heavy (non-hydrogen) atoms. The fraction of sp³-hybridized carbons (Fsp3) is 0.429. The van der Waals surface area contributed by atoms with Gasteiger partial charge in [0.25, 0.3) is 0 Å². The van der Waals surface area contributed by atoms with Crippen LogP contribution >= 0.6 is 11.6 Å². The van der Waals surface area contributed by atoms with Gasteiger partial charge in [0.15, 0.2) is 5.78 Å². The van der Waals surface area contributed by atoms with E-state index in [0.29, 0.717) is 34.8 Å². The van der Waals surface area contributed by atoms with E-state index in [9.17, 15) is 22.4 Å². The number of benzene rings is 3. The Kier molecular flexibility index (Phi) is 13.1. The molecule has 9 nitrogen and oxygen atoms in total. The third kappa shape index (κ3) is 9.82. The minimum atomic E-state index is -3.63. The standard InChI is InChI=1S/C35H42ClF2N3O6S/c1-22(2)47-21-29-20-39-19-28(41(29)48(4,44)45)14-15-30-23(8-7-13-31(30)38)18-32(42)34(40-35(43)46-3)33(24-9-5-11-26(36)16-24)25-10-6-12-27(37)17-25/h5-13,16-17,22,28-29,33-34,39H,14-15,18-21H2,1-4H3,(H,40,43)/t28-,29?,33-,34+/m0/s1. The minimum absolute atomic E-state index is 0.0813. The maximum absolute atomic E-state index is 15.5. The zero-order valence-electron chi connectivity index (χ0n) is 27.4. The molecule has 0 aromatic heterocycles. The monoisotopic (exact) mass is 705 g/mol. The molecule has 1 saturated heterocycles. The number of halogens is 3. The number of hydrogen-bond acceptors (Lipinski definition) is 7. The lowest BCUT2D eigenvalue weighted by Crippen LogP contribution is -2.60. The Morgan fingerprint density at radius 3 is 2.33 bits per heavy atom. The molecule has 0 radical (unpaired) electrons. The quantitative estimate of drug-likeness (QED) is 0.236. The lowest BCUT2D eigenvalue weighted by Gasteiger charge is -2.41. The highest BCUT2D eigenvalue weighted by Gasteiger charge is 2.38. The normalized spacial score (nSPS) is 18.3. The zero-order valence-corrected chi connectivity index (χ0v) is 29.0. The van der Waals surface area contributed by atoms with Crippen molar-refractivity contribution in [1.29, 1.82) is 0 Å². The Labute approximate surface area is 286 Å². The first-order valence-electron chi connectivity index (χ1n) is 15.7. The van der Waals surface area contributed by atoms with Crippen LogP contribution in [0, 0.1) is 11.6 Å². The number of nitrogens with one attached hydrogen (secondary N) is 2. The molecule has 0 aliphatic carbocycles. The molecule has 0 spiro atoms. The van der Waals surface area contributed by atoms with Gasteiger partial charge in [-0.1, -0.05) is 48.0 Å². The van der Waals surface area contributed by atoms with Crippen molar-refractivity contribution in [3.05, 3.63) is 106 Å². The summed E-state index contributed by atoms with van der Waals surface area (Å²) in [6.45, 7) is 4.75. The molecule has 1 aliphatic heterocycles. The van der Waals surface area contributed by atoms with Gasteiger partial charge in [0, 0.05) is 36.5 Å². The molecule has 2 N–H and O–H groups in total. The molecule has 260 valence electrons. The van der Waals surface area contributed by atoms with Crippen molar-refractivity contribution in [2.24, 2.45) is 0 Å². The molecule has 4 atom stereocenters. The van der Waals surface area contributed by atoms with Gasteiger partial charge >= 0.3 is 6.09 Å². The van der Waals surface area contributed by atoms with Gasteiger partial charge in [0.2, 0.25) is 10.0 Å². The molecule has 3 aromatic carbocycles. The summed E-state index contributed by atoms with van der Waals surface area (Å²) in [5.41, 5.74) is 1.61. The summed E-state index contributed by atoms with van der Waals surface area (Å²) in [4.78, 5) is 26.8. The first-order valence-corrected chi connectivity index (χ1v) is 18.0. The van der Waals surface area contributed by atoms with Crippen molar-refractivity contribution in [1.82, 2.24) is 14.9 Å². The topological polar surface area (TPSA) is 114 Å². The van der Waals surface area contributed by atoms with Crippen LogP contribution in [0.1, 0.15) is 48.4 Å². The molecule has 13 heteroatoms. The molecule has 1 unspecified atom stereocenters. The van der Waals surface area contributed by atoms with Crippen molar-refractivity contribution in [2.75, 3.05) is 33.1 Å². The molecular formula is C35H42ClF2N3O6S. The number of amides is 1. The van der Waals surface area contributed by atoms with E-state index in [4.69, 9.17) is 21.1 Å². The Bertz CT molecular complexity index is 1650. The first kappa shape index (κ1) is 37.4. The minimum Gasteiger partial charge on any atom is -0.453 e. The number of rotatable bonds is 14. The summed E-state index contributed by atoms with van der Waals surface area (Å²) in [7, 11) is -2.47. The Balaban J connectivity index is 1.66. The summed E-state index contributed by atoms with van der Waals surface area (Å²) >= 11 is 6.31. The second-order valence-electron chi connectivity index (χ2n) is 12.2. The van der Waals surface area contributed by atoms with Crippen LogP contribution in [0.5, 0.6) is 0 Å². The van der Waals surface area contributed by atoms with Gasteiger partial charge < -0.3 is 20.1 Å². The number of carbonyl (C=O) groups excluding carboxylic acids is 2. The number of sulfonamides is 1. The van der Waals surface area contributed by atoms with Crippen LogP contribution < -0.4 is 10.6 Å². The molecule has 4 rings (SSSR count). The maximum atomic E-state index is 15.5. The highest BCUT2D eigenvalue weighted by atomic mass is 35.5. The van der Waals surface area contributed by atoms with Crippen LogP contribution in [-0.2, 0) is 37.1 Å². The van der Waals surface area contributed by atoms with E-state index in [1.165, 1.54) is 34.6 Å². The first-order chi connectivity index (χ1) is 22.8. The highest BCUT2D eigenvalue weighted by molar-refractivity contribution is 7.88. The van der Waals surface area contributed by atoms with E-state index in [-0.39, 0.29) is 37.5 Å². The van der Waals surface area contributed by atoms with Crippen molar-refractivity contribution in [3.8, 4) is 0 Å². The van der Waals surface area contributed by atoms with E-state index in [2.05, 4.69) is 10.6 Å². The largest absolute Gasteiger partial charge is 0.453 e. The fourth-order valence-corrected chi connectivity index (χ4v) is 7.87. The number of Topliss-reactive ketones (excluding diaryl/α,β-unsaturated/α-hetero) is 1. The maximum Gasteiger partial charge on any atom is 0.407 e. The molecule has 3 aromatic rings. The molecule has 0 saturated carbocycles. The van der Waals surface area contributed by atoms with Crippen molar-refractivity contribution in [2.45, 2.75) is 63.3 Å². The van der Waals surface area contributed by atoms with Crippen LogP contribution in [0.2, 0.25) is 5.02 Å². The van der Waals surface area contributed by atoms with Crippen LogP contribution in [0.15, 0.2) is 66.7 Å². The number of methoxy groups -OCH3 is 1. The van der Waals surface area contributed by atoms with Gasteiger partial charge in [0.05, 0.1) is 32.1 Å². The van der Waals surface area contributed by atoms with Gasteiger partial charge in [-0.25, -0.2) is 22.0 Å². The van der Waals surface area contributed by atoms with Crippen LogP contribution in [0.25, 0.3) is 0 Å². The third-order valence-corrected chi connectivity index (χ3v) is 9.94. The Hall–Kier alpha value is -3.42. The number of hydrogen-bond donors (Lipinski definition) is 2.